The first-order chi connectivity index (χ1) is 9.00. The summed E-state index contributed by atoms with van der Waals surface area (Å²) in [6, 6.07) is 3.86. The fourth-order valence-electron chi connectivity index (χ4n) is 2.05. The first kappa shape index (κ1) is 14.2. The van der Waals surface area contributed by atoms with Crippen molar-refractivity contribution in [3.63, 3.8) is 0 Å². The van der Waals surface area contributed by atoms with Crippen LogP contribution in [0.15, 0.2) is 12.1 Å². The van der Waals surface area contributed by atoms with Gasteiger partial charge in [0.05, 0.1) is 11.9 Å². The van der Waals surface area contributed by atoms with E-state index >= 15 is 0 Å². The molecule has 2 heterocycles. The number of aromatic nitrogens is 2. The molecule has 0 spiro atoms. The molecule has 0 atom stereocenters. The van der Waals surface area contributed by atoms with Crippen LogP contribution in [0.2, 0.25) is 0 Å². The summed E-state index contributed by atoms with van der Waals surface area (Å²) in [5, 5.41) is 11.3. The van der Waals surface area contributed by atoms with Crippen LogP contribution in [0.25, 0.3) is 0 Å². The minimum Gasteiger partial charge on any atom is -0.352 e. The predicted octanol–water partition coefficient (Wildman–Crippen LogP) is -0.722. The molecular formula is C11H19N5O2S. The van der Waals surface area contributed by atoms with E-state index < -0.39 is 10.0 Å². The van der Waals surface area contributed by atoms with Gasteiger partial charge in [-0.3, -0.25) is 0 Å². The summed E-state index contributed by atoms with van der Waals surface area (Å²) >= 11 is 0. The van der Waals surface area contributed by atoms with E-state index in [0.29, 0.717) is 32.7 Å². The minimum absolute atomic E-state index is 0.499. The third-order valence-electron chi connectivity index (χ3n) is 3.10. The molecule has 1 aliphatic heterocycles. The molecule has 106 valence electrons. The van der Waals surface area contributed by atoms with Crippen molar-refractivity contribution < 1.29 is 8.42 Å². The lowest BCUT2D eigenvalue weighted by atomic mass is 10.3. The quantitative estimate of drug-likeness (QED) is 0.786. The van der Waals surface area contributed by atoms with Crippen LogP contribution >= 0.6 is 0 Å². The molecule has 19 heavy (non-hydrogen) atoms. The Morgan fingerprint density at radius 2 is 1.89 bits per heavy atom. The Morgan fingerprint density at radius 1 is 1.21 bits per heavy atom. The van der Waals surface area contributed by atoms with Gasteiger partial charge >= 0.3 is 0 Å². The van der Waals surface area contributed by atoms with Crippen molar-refractivity contribution in [1.29, 1.82) is 0 Å². The second kappa shape index (κ2) is 5.81. The highest BCUT2D eigenvalue weighted by Gasteiger charge is 2.24. The summed E-state index contributed by atoms with van der Waals surface area (Å²) < 4.78 is 24.3. The number of sulfonamides is 1. The number of hydrogen-bond donors (Lipinski definition) is 1. The second-order valence-corrected chi connectivity index (χ2v) is 6.54. The zero-order valence-electron chi connectivity index (χ0n) is 11.2. The number of anilines is 1. The molecule has 7 nitrogen and oxygen atoms in total. The monoisotopic (exact) mass is 285 g/mol. The lowest BCUT2D eigenvalue weighted by molar-refractivity contribution is 0.386. The molecule has 0 saturated carbocycles. The van der Waals surface area contributed by atoms with E-state index in [4.69, 9.17) is 0 Å². The summed E-state index contributed by atoms with van der Waals surface area (Å²) in [6.45, 7) is 2.98. The van der Waals surface area contributed by atoms with Crippen LogP contribution in [0.5, 0.6) is 0 Å². The molecule has 1 aromatic rings. The van der Waals surface area contributed by atoms with Crippen molar-refractivity contribution >= 4 is 15.8 Å². The van der Waals surface area contributed by atoms with E-state index in [1.165, 1.54) is 10.6 Å². The lowest BCUT2D eigenvalue weighted by Gasteiger charge is -2.33. The maximum atomic E-state index is 11.4. The maximum Gasteiger partial charge on any atom is 0.211 e. The highest BCUT2D eigenvalue weighted by atomic mass is 32.2. The van der Waals surface area contributed by atoms with Gasteiger partial charge in [-0.1, -0.05) is 0 Å². The highest BCUT2D eigenvalue weighted by Crippen LogP contribution is 2.14. The molecule has 2 rings (SSSR count). The Kier molecular flexibility index (Phi) is 4.33. The number of nitrogens with one attached hydrogen (secondary N) is 1. The van der Waals surface area contributed by atoms with E-state index in [0.717, 1.165) is 11.5 Å². The predicted molar refractivity (Wildman–Crippen MR) is 73.4 cm³/mol. The Balaban J connectivity index is 1.97. The van der Waals surface area contributed by atoms with E-state index in [2.05, 4.69) is 20.4 Å². The average Bonchev–Trinajstić information content (AvgIpc) is 2.39. The Hall–Kier alpha value is -1.25. The molecular weight excluding hydrogens is 266 g/mol. The molecule has 0 radical (unpaired) electrons. The zero-order valence-corrected chi connectivity index (χ0v) is 12.0. The van der Waals surface area contributed by atoms with Crippen molar-refractivity contribution in [1.82, 2.24) is 19.8 Å². The number of nitrogens with zero attached hydrogens (tertiary/aromatic N) is 4. The standard InChI is InChI=1S/C11H19N5O2S/c1-12-9-10-3-4-11(14-13-10)15-5-7-16(8-6-15)19(2,17)18/h3-4,12H,5-9H2,1-2H3. The normalized spacial score (nSPS) is 17.7. The van der Waals surface area contributed by atoms with Gasteiger partial charge in [0, 0.05) is 32.7 Å². The van der Waals surface area contributed by atoms with Crippen LogP contribution in [0.3, 0.4) is 0 Å². The van der Waals surface area contributed by atoms with E-state index in [1.54, 1.807) is 0 Å². The number of hydrogen-bond acceptors (Lipinski definition) is 6. The van der Waals surface area contributed by atoms with Gasteiger partial charge in [-0.25, -0.2) is 8.42 Å². The molecule has 1 saturated heterocycles. The third-order valence-corrected chi connectivity index (χ3v) is 4.40. The molecule has 0 amide bonds. The van der Waals surface area contributed by atoms with Gasteiger partial charge in [0.2, 0.25) is 10.0 Å². The molecule has 0 aromatic carbocycles. The average molecular weight is 285 g/mol. The first-order valence-corrected chi connectivity index (χ1v) is 8.03. The largest absolute Gasteiger partial charge is 0.352 e. The van der Waals surface area contributed by atoms with Crippen LogP contribution in [0.1, 0.15) is 5.69 Å². The Labute approximate surface area is 113 Å². The second-order valence-electron chi connectivity index (χ2n) is 4.56. The molecule has 8 heteroatoms. The van der Waals surface area contributed by atoms with Crippen molar-refractivity contribution in [3.05, 3.63) is 17.8 Å². The summed E-state index contributed by atoms with van der Waals surface area (Å²) in [5.74, 6) is 0.799. The SMILES string of the molecule is CNCc1ccc(N2CCN(S(C)(=O)=O)CC2)nn1. The first-order valence-electron chi connectivity index (χ1n) is 6.18. The maximum absolute atomic E-state index is 11.4. The van der Waals surface area contributed by atoms with Gasteiger partial charge in [-0.15, -0.1) is 5.10 Å². The number of rotatable bonds is 4. The van der Waals surface area contributed by atoms with Crippen molar-refractivity contribution in [2.24, 2.45) is 0 Å². The molecule has 1 N–H and O–H groups in total. The smallest absolute Gasteiger partial charge is 0.211 e. The van der Waals surface area contributed by atoms with E-state index in [9.17, 15) is 8.42 Å². The van der Waals surface area contributed by atoms with E-state index in [-0.39, 0.29) is 0 Å². The number of piperazine rings is 1. The van der Waals surface area contributed by atoms with Crippen molar-refractivity contribution in [2.45, 2.75) is 6.54 Å². The summed E-state index contributed by atoms with van der Waals surface area (Å²) in [4.78, 5) is 2.05. The van der Waals surface area contributed by atoms with Gasteiger partial charge < -0.3 is 10.2 Å². The summed E-state index contributed by atoms with van der Waals surface area (Å²) in [6.07, 6.45) is 1.25. The van der Waals surface area contributed by atoms with Crippen molar-refractivity contribution in [3.8, 4) is 0 Å². The summed E-state index contributed by atoms with van der Waals surface area (Å²) in [7, 11) is -1.22. The molecule has 0 aliphatic carbocycles. The van der Waals surface area contributed by atoms with E-state index in [1.807, 2.05) is 19.2 Å². The zero-order chi connectivity index (χ0) is 13.9. The topological polar surface area (TPSA) is 78.4 Å². The van der Waals surface area contributed by atoms with Crippen molar-refractivity contribution in [2.75, 3.05) is 44.4 Å². The third kappa shape index (κ3) is 3.62. The molecule has 1 aliphatic rings. The van der Waals surface area contributed by atoms with Gasteiger partial charge in [0.25, 0.3) is 0 Å². The lowest BCUT2D eigenvalue weighted by Crippen LogP contribution is -2.48. The summed E-state index contributed by atoms with van der Waals surface area (Å²) in [5.41, 5.74) is 0.890. The molecule has 1 fully saturated rings. The van der Waals surface area contributed by atoms with Gasteiger partial charge in [0.1, 0.15) is 0 Å². The fourth-order valence-corrected chi connectivity index (χ4v) is 2.87. The molecule has 0 bridgehead atoms. The van der Waals surface area contributed by atoms with Gasteiger partial charge in [0.15, 0.2) is 5.82 Å². The van der Waals surface area contributed by atoms with Crippen LogP contribution in [0, 0.1) is 0 Å². The molecule has 1 aromatic heterocycles. The fraction of sp³-hybridized carbons (Fsp3) is 0.636. The Bertz CT molecular complexity index is 508. The Morgan fingerprint density at radius 3 is 2.37 bits per heavy atom. The van der Waals surface area contributed by atoms with Gasteiger partial charge in [-0.2, -0.15) is 9.40 Å². The van der Waals surface area contributed by atoms with Crippen LogP contribution in [-0.4, -0.2) is 62.4 Å². The van der Waals surface area contributed by atoms with Crippen LogP contribution in [0.4, 0.5) is 5.82 Å². The highest BCUT2D eigenvalue weighted by molar-refractivity contribution is 7.88. The van der Waals surface area contributed by atoms with Gasteiger partial charge in [-0.05, 0) is 19.2 Å². The molecule has 0 unspecified atom stereocenters. The van der Waals surface area contributed by atoms with Crippen LogP contribution < -0.4 is 10.2 Å². The van der Waals surface area contributed by atoms with Crippen LogP contribution in [-0.2, 0) is 16.6 Å². The minimum atomic E-state index is -3.08.